The van der Waals surface area contributed by atoms with E-state index in [2.05, 4.69) is 17.0 Å². The number of nitrogens with zero attached hydrogens (tertiary/aromatic N) is 4. The van der Waals surface area contributed by atoms with Gasteiger partial charge in [-0.1, -0.05) is 24.7 Å². The summed E-state index contributed by atoms with van der Waals surface area (Å²) in [7, 11) is 0. The van der Waals surface area contributed by atoms with Gasteiger partial charge in [-0.15, -0.1) is 0 Å². The van der Waals surface area contributed by atoms with Crippen molar-refractivity contribution in [2.45, 2.75) is 32.7 Å². The van der Waals surface area contributed by atoms with Crippen LogP contribution in [-0.2, 0) is 11.3 Å². The first-order valence-corrected chi connectivity index (χ1v) is 8.83. The van der Waals surface area contributed by atoms with E-state index in [-0.39, 0.29) is 11.7 Å². The number of benzene rings is 1. The first-order valence-electron chi connectivity index (χ1n) is 8.01. The summed E-state index contributed by atoms with van der Waals surface area (Å²) in [6, 6.07) is 6.34. The number of amides is 1. The first kappa shape index (κ1) is 16.6. The Morgan fingerprint density at radius 2 is 2.29 bits per heavy atom. The summed E-state index contributed by atoms with van der Waals surface area (Å²) >= 11 is 1.34. The zero-order valence-corrected chi connectivity index (χ0v) is 14.3. The second-order valence-corrected chi connectivity index (χ2v) is 6.54. The first-order chi connectivity index (χ1) is 11.7. The van der Waals surface area contributed by atoms with Gasteiger partial charge in [0, 0.05) is 25.4 Å². The highest BCUT2D eigenvalue weighted by Crippen LogP contribution is 2.30. The Morgan fingerprint density at radius 3 is 3.04 bits per heavy atom. The van der Waals surface area contributed by atoms with Crippen LogP contribution < -0.4 is 4.90 Å². The minimum Gasteiger partial charge on any atom is -0.286 e. The van der Waals surface area contributed by atoms with E-state index in [1.807, 2.05) is 12.3 Å². The SMILES string of the molecule is CCCCC(=O)N(CCn1cccn1)c1nc2ccc(F)cc2s1. The lowest BCUT2D eigenvalue weighted by Gasteiger charge is -2.19. The number of rotatable bonds is 7. The van der Waals surface area contributed by atoms with Crippen molar-refractivity contribution in [2.75, 3.05) is 11.4 Å². The lowest BCUT2D eigenvalue weighted by Crippen LogP contribution is -2.33. The Balaban J connectivity index is 1.84. The molecule has 0 bridgehead atoms. The number of fused-ring (bicyclic) bond motifs is 1. The van der Waals surface area contributed by atoms with Crippen molar-refractivity contribution in [3.05, 3.63) is 42.5 Å². The largest absolute Gasteiger partial charge is 0.286 e. The number of halogens is 1. The monoisotopic (exact) mass is 346 g/mol. The van der Waals surface area contributed by atoms with Gasteiger partial charge in [0.15, 0.2) is 5.13 Å². The molecule has 0 saturated carbocycles. The lowest BCUT2D eigenvalue weighted by molar-refractivity contribution is -0.118. The molecule has 0 aliphatic heterocycles. The van der Waals surface area contributed by atoms with E-state index in [0.717, 1.165) is 17.5 Å². The van der Waals surface area contributed by atoms with Gasteiger partial charge in [-0.05, 0) is 30.7 Å². The van der Waals surface area contributed by atoms with Gasteiger partial charge in [0.1, 0.15) is 5.82 Å². The molecular formula is C17H19FN4OS. The number of hydrogen-bond donors (Lipinski definition) is 0. The fourth-order valence-corrected chi connectivity index (χ4v) is 3.46. The zero-order valence-electron chi connectivity index (χ0n) is 13.5. The average Bonchev–Trinajstić information content (AvgIpc) is 3.22. The molecule has 1 aromatic carbocycles. The number of thiazole rings is 1. The second kappa shape index (κ2) is 7.53. The van der Waals surface area contributed by atoms with Crippen molar-refractivity contribution in [3.8, 4) is 0 Å². The lowest BCUT2D eigenvalue weighted by atomic mass is 10.2. The van der Waals surface area contributed by atoms with Crippen molar-refractivity contribution in [1.29, 1.82) is 0 Å². The highest BCUT2D eigenvalue weighted by molar-refractivity contribution is 7.22. The van der Waals surface area contributed by atoms with Gasteiger partial charge in [0.05, 0.1) is 16.8 Å². The van der Waals surface area contributed by atoms with E-state index in [4.69, 9.17) is 0 Å². The Hall–Kier alpha value is -2.28. The molecule has 7 heteroatoms. The molecule has 0 aliphatic rings. The Labute approximate surface area is 143 Å². The predicted octanol–water partition coefficient (Wildman–Crippen LogP) is 3.86. The fraction of sp³-hybridized carbons (Fsp3) is 0.353. The van der Waals surface area contributed by atoms with Crippen molar-refractivity contribution in [3.63, 3.8) is 0 Å². The predicted molar refractivity (Wildman–Crippen MR) is 93.7 cm³/mol. The zero-order chi connectivity index (χ0) is 16.9. The minimum absolute atomic E-state index is 0.0449. The molecule has 0 fully saturated rings. The number of aromatic nitrogens is 3. The molecule has 0 radical (unpaired) electrons. The van der Waals surface area contributed by atoms with Crippen LogP contribution in [0, 0.1) is 5.82 Å². The summed E-state index contributed by atoms with van der Waals surface area (Å²) in [5.74, 6) is -0.248. The molecule has 0 unspecified atom stereocenters. The van der Waals surface area contributed by atoms with Crippen molar-refractivity contribution in [2.24, 2.45) is 0 Å². The van der Waals surface area contributed by atoms with E-state index in [1.165, 1.54) is 23.5 Å². The van der Waals surface area contributed by atoms with Crippen molar-refractivity contribution in [1.82, 2.24) is 14.8 Å². The number of hydrogen-bond acceptors (Lipinski definition) is 4. The van der Waals surface area contributed by atoms with Gasteiger partial charge >= 0.3 is 0 Å². The van der Waals surface area contributed by atoms with E-state index in [9.17, 15) is 9.18 Å². The van der Waals surface area contributed by atoms with Crippen LogP contribution in [-0.4, -0.2) is 27.2 Å². The standard InChI is InChI=1S/C17H19FN4OS/c1-2-3-5-16(23)22(11-10-21-9-4-8-19-21)17-20-14-7-6-13(18)12-15(14)24-17/h4,6-9,12H,2-3,5,10-11H2,1H3. The van der Waals surface area contributed by atoms with Crippen LogP contribution >= 0.6 is 11.3 Å². The second-order valence-electron chi connectivity index (χ2n) is 5.53. The van der Waals surface area contributed by atoms with Gasteiger partial charge in [0.2, 0.25) is 5.91 Å². The summed E-state index contributed by atoms with van der Waals surface area (Å²) in [6.45, 7) is 3.14. The van der Waals surface area contributed by atoms with E-state index in [1.54, 1.807) is 21.8 Å². The van der Waals surface area contributed by atoms with Gasteiger partial charge in [-0.3, -0.25) is 14.4 Å². The summed E-state index contributed by atoms with van der Waals surface area (Å²) in [5, 5.41) is 4.78. The van der Waals surface area contributed by atoms with Crippen LogP contribution in [0.15, 0.2) is 36.7 Å². The number of unbranched alkanes of at least 4 members (excludes halogenated alkanes) is 1. The molecule has 0 aliphatic carbocycles. The van der Waals surface area contributed by atoms with Crippen molar-refractivity contribution >= 4 is 32.6 Å². The summed E-state index contributed by atoms with van der Waals surface area (Å²) < 4.78 is 15.9. The number of carbonyl (C=O) groups is 1. The molecular weight excluding hydrogens is 327 g/mol. The smallest absolute Gasteiger partial charge is 0.228 e. The van der Waals surface area contributed by atoms with E-state index in [0.29, 0.717) is 30.2 Å². The van der Waals surface area contributed by atoms with E-state index < -0.39 is 0 Å². The molecule has 3 rings (SSSR count). The summed E-state index contributed by atoms with van der Waals surface area (Å²) in [4.78, 5) is 18.8. The van der Waals surface area contributed by atoms with Crippen molar-refractivity contribution < 1.29 is 9.18 Å². The maximum atomic E-state index is 13.4. The van der Waals surface area contributed by atoms with Crippen LogP contribution in [0.25, 0.3) is 10.2 Å². The van der Waals surface area contributed by atoms with Crippen LogP contribution in [0.1, 0.15) is 26.2 Å². The average molecular weight is 346 g/mol. The fourth-order valence-electron chi connectivity index (χ4n) is 2.43. The number of anilines is 1. The van der Waals surface area contributed by atoms with Crippen LogP contribution in [0.5, 0.6) is 0 Å². The molecule has 2 heterocycles. The third-order valence-electron chi connectivity index (χ3n) is 3.73. The molecule has 0 N–H and O–H groups in total. The number of carbonyl (C=O) groups excluding carboxylic acids is 1. The molecule has 0 saturated heterocycles. The molecule has 0 spiro atoms. The van der Waals surface area contributed by atoms with Crippen LogP contribution in [0.3, 0.4) is 0 Å². The van der Waals surface area contributed by atoms with Gasteiger partial charge in [0.25, 0.3) is 0 Å². The van der Waals surface area contributed by atoms with Gasteiger partial charge < -0.3 is 0 Å². The normalized spacial score (nSPS) is 11.1. The quantitative estimate of drug-likeness (QED) is 0.653. The van der Waals surface area contributed by atoms with Crippen LogP contribution in [0.2, 0.25) is 0 Å². The molecule has 126 valence electrons. The van der Waals surface area contributed by atoms with Gasteiger partial charge in [-0.25, -0.2) is 9.37 Å². The maximum Gasteiger partial charge on any atom is 0.228 e. The molecule has 2 aromatic heterocycles. The third-order valence-corrected chi connectivity index (χ3v) is 4.77. The topological polar surface area (TPSA) is 51.0 Å². The maximum absolute atomic E-state index is 13.4. The van der Waals surface area contributed by atoms with Crippen LogP contribution in [0.4, 0.5) is 9.52 Å². The van der Waals surface area contributed by atoms with Gasteiger partial charge in [-0.2, -0.15) is 5.10 Å². The Morgan fingerprint density at radius 1 is 1.42 bits per heavy atom. The van der Waals surface area contributed by atoms with E-state index >= 15 is 0 Å². The third kappa shape index (κ3) is 3.79. The Kier molecular flexibility index (Phi) is 5.20. The molecule has 3 aromatic rings. The molecule has 1 amide bonds. The summed E-state index contributed by atoms with van der Waals surface area (Å²) in [5.41, 5.74) is 0.712. The summed E-state index contributed by atoms with van der Waals surface area (Å²) in [6.07, 6.45) is 5.87. The highest BCUT2D eigenvalue weighted by Gasteiger charge is 2.19. The molecule has 24 heavy (non-hydrogen) atoms. The minimum atomic E-state index is -0.293. The molecule has 0 atom stereocenters. The molecule has 5 nitrogen and oxygen atoms in total. The highest BCUT2D eigenvalue weighted by atomic mass is 32.1. The Bertz CT molecular complexity index is 815.